The summed E-state index contributed by atoms with van der Waals surface area (Å²) in [7, 11) is 0. The fraction of sp³-hybridized carbons (Fsp3) is 0.700. The van der Waals surface area contributed by atoms with Gasteiger partial charge in [0.25, 0.3) is 6.47 Å². The molecule has 0 N–H and O–H groups in total. The molecule has 0 amide bonds. The molecule has 1 rings (SSSR count). The fourth-order valence-electron chi connectivity index (χ4n) is 1.61. The largest absolute Gasteiger partial charge is 0.463 e. The highest BCUT2D eigenvalue weighted by molar-refractivity contribution is 5.40. The van der Waals surface area contributed by atoms with E-state index in [4.69, 9.17) is 4.74 Å². The van der Waals surface area contributed by atoms with Crippen molar-refractivity contribution in [2.45, 2.75) is 33.8 Å². The van der Waals surface area contributed by atoms with Crippen molar-refractivity contribution in [1.29, 1.82) is 0 Å². The third kappa shape index (κ3) is 1.52. The van der Waals surface area contributed by atoms with Crippen LogP contribution in [0.3, 0.4) is 0 Å². The Morgan fingerprint density at radius 3 is 2.42 bits per heavy atom. The molecule has 12 heavy (non-hydrogen) atoms. The molecule has 0 bridgehead atoms. The molecule has 1 fully saturated rings. The second-order valence-corrected chi connectivity index (χ2v) is 4.24. The van der Waals surface area contributed by atoms with Crippen LogP contribution in [0, 0.1) is 11.3 Å². The van der Waals surface area contributed by atoms with Crippen LogP contribution in [0.4, 0.5) is 0 Å². The summed E-state index contributed by atoms with van der Waals surface area (Å²) in [6.45, 7) is 8.90. The number of allylic oxidation sites excluding steroid dienone is 1. The molecular weight excluding hydrogens is 152 g/mol. The van der Waals surface area contributed by atoms with Gasteiger partial charge in [0, 0.05) is 11.3 Å². The van der Waals surface area contributed by atoms with Gasteiger partial charge in [0.1, 0.15) is 6.10 Å². The fourth-order valence-corrected chi connectivity index (χ4v) is 1.61. The first-order valence-corrected chi connectivity index (χ1v) is 4.24. The van der Waals surface area contributed by atoms with Crippen LogP contribution < -0.4 is 0 Å². The van der Waals surface area contributed by atoms with Crippen molar-refractivity contribution < 1.29 is 9.53 Å². The van der Waals surface area contributed by atoms with Gasteiger partial charge in [-0.1, -0.05) is 25.5 Å². The Morgan fingerprint density at radius 2 is 2.00 bits per heavy atom. The van der Waals surface area contributed by atoms with Gasteiger partial charge in [-0.2, -0.15) is 0 Å². The molecule has 0 aliphatic heterocycles. The van der Waals surface area contributed by atoms with Crippen LogP contribution in [0.25, 0.3) is 0 Å². The Morgan fingerprint density at radius 1 is 1.42 bits per heavy atom. The molecule has 1 saturated carbocycles. The maximum absolute atomic E-state index is 10.1. The van der Waals surface area contributed by atoms with E-state index in [0.717, 1.165) is 0 Å². The first-order chi connectivity index (χ1) is 5.50. The van der Waals surface area contributed by atoms with Gasteiger partial charge in [0.05, 0.1) is 0 Å². The minimum atomic E-state index is 0.0879. The van der Waals surface area contributed by atoms with Crippen molar-refractivity contribution in [3.05, 3.63) is 11.6 Å². The highest BCUT2D eigenvalue weighted by Gasteiger charge is 2.58. The zero-order chi connectivity index (χ0) is 9.35. The van der Waals surface area contributed by atoms with Crippen molar-refractivity contribution in [3.8, 4) is 0 Å². The molecule has 2 heteroatoms. The predicted molar refractivity (Wildman–Crippen MR) is 47.6 cm³/mol. The van der Waals surface area contributed by atoms with E-state index in [1.165, 1.54) is 5.57 Å². The summed E-state index contributed by atoms with van der Waals surface area (Å²) in [6.07, 6.45) is 2.26. The summed E-state index contributed by atoms with van der Waals surface area (Å²) in [5, 5.41) is 0. The van der Waals surface area contributed by atoms with Crippen molar-refractivity contribution in [1.82, 2.24) is 0 Å². The third-order valence-corrected chi connectivity index (χ3v) is 2.52. The minimum absolute atomic E-state index is 0.0879. The molecule has 1 aliphatic rings. The van der Waals surface area contributed by atoms with E-state index in [0.29, 0.717) is 12.4 Å². The van der Waals surface area contributed by atoms with Gasteiger partial charge >= 0.3 is 0 Å². The molecule has 0 saturated heterocycles. The molecule has 0 aromatic carbocycles. The lowest BCUT2D eigenvalue weighted by molar-refractivity contribution is -0.130. The number of ether oxygens (including phenoxy) is 1. The molecule has 0 aromatic heterocycles. The number of hydrogen-bond acceptors (Lipinski definition) is 2. The molecular formula is C10H16O2. The summed E-state index contributed by atoms with van der Waals surface area (Å²) >= 11 is 0. The summed E-state index contributed by atoms with van der Waals surface area (Å²) < 4.78 is 4.96. The van der Waals surface area contributed by atoms with Crippen LogP contribution in [0.2, 0.25) is 0 Å². The van der Waals surface area contributed by atoms with Crippen LogP contribution in [-0.2, 0) is 9.53 Å². The average molecular weight is 168 g/mol. The van der Waals surface area contributed by atoms with E-state index in [-0.39, 0.29) is 11.5 Å². The quantitative estimate of drug-likeness (QED) is 0.476. The molecule has 0 heterocycles. The average Bonchev–Trinajstić information content (AvgIpc) is 2.39. The molecule has 68 valence electrons. The molecule has 1 aliphatic carbocycles. The maximum Gasteiger partial charge on any atom is 0.293 e. The number of carbonyl (C=O) groups excluding carboxylic acids is 1. The number of carbonyl (C=O) groups is 1. The Kier molecular flexibility index (Phi) is 2.27. The Hall–Kier alpha value is -0.790. The standard InChI is InChI=1S/C10H16O2/c1-7(2)5-8-9(12-6-11)10(8,3)4/h5-6,8-9H,1-4H3. The third-order valence-electron chi connectivity index (χ3n) is 2.52. The van der Waals surface area contributed by atoms with Crippen molar-refractivity contribution >= 4 is 6.47 Å². The lowest BCUT2D eigenvalue weighted by Gasteiger charge is -1.97. The van der Waals surface area contributed by atoms with Gasteiger partial charge in [0.15, 0.2) is 0 Å². The molecule has 2 atom stereocenters. The van der Waals surface area contributed by atoms with Gasteiger partial charge in [-0.15, -0.1) is 0 Å². The van der Waals surface area contributed by atoms with Crippen molar-refractivity contribution in [2.24, 2.45) is 11.3 Å². The van der Waals surface area contributed by atoms with E-state index >= 15 is 0 Å². The van der Waals surface area contributed by atoms with E-state index in [1.54, 1.807) is 0 Å². The molecule has 0 spiro atoms. The van der Waals surface area contributed by atoms with Crippen molar-refractivity contribution in [3.63, 3.8) is 0 Å². The monoisotopic (exact) mass is 168 g/mol. The second kappa shape index (κ2) is 2.92. The first kappa shape index (κ1) is 9.30. The molecule has 0 radical (unpaired) electrons. The lowest BCUT2D eigenvalue weighted by atomic mass is 10.1. The first-order valence-electron chi connectivity index (χ1n) is 4.24. The summed E-state index contributed by atoms with van der Waals surface area (Å²) in [5.41, 5.74) is 1.42. The highest BCUT2D eigenvalue weighted by Crippen LogP contribution is 2.54. The molecule has 2 nitrogen and oxygen atoms in total. The van der Waals surface area contributed by atoms with Gasteiger partial charge in [-0.05, 0) is 13.8 Å². The summed E-state index contributed by atoms with van der Waals surface area (Å²) in [6, 6.07) is 0. The molecule has 0 aromatic rings. The Bertz CT molecular complexity index is 212. The van der Waals surface area contributed by atoms with Gasteiger partial charge < -0.3 is 4.74 Å². The van der Waals surface area contributed by atoms with Gasteiger partial charge in [-0.3, -0.25) is 4.79 Å². The van der Waals surface area contributed by atoms with Gasteiger partial charge in [-0.25, -0.2) is 0 Å². The Balaban J connectivity index is 2.60. The van der Waals surface area contributed by atoms with Crippen LogP contribution in [0.15, 0.2) is 11.6 Å². The molecule has 2 unspecified atom stereocenters. The zero-order valence-electron chi connectivity index (χ0n) is 8.13. The lowest BCUT2D eigenvalue weighted by Crippen LogP contribution is -1.98. The summed E-state index contributed by atoms with van der Waals surface area (Å²) in [4.78, 5) is 10.1. The Labute approximate surface area is 73.6 Å². The SMILES string of the molecule is CC(C)=CC1C(OC=O)C1(C)C. The zero-order valence-corrected chi connectivity index (χ0v) is 8.13. The van der Waals surface area contributed by atoms with Crippen LogP contribution in [0.5, 0.6) is 0 Å². The topological polar surface area (TPSA) is 26.3 Å². The minimum Gasteiger partial charge on any atom is -0.463 e. The van der Waals surface area contributed by atoms with Crippen LogP contribution >= 0.6 is 0 Å². The van der Waals surface area contributed by atoms with E-state index in [9.17, 15) is 4.79 Å². The van der Waals surface area contributed by atoms with Gasteiger partial charge in [0.2, 0.25) is 0 Å². The highest BCUT2D eigenvalue weighted by atomic mass is 16.5. The number of rotatable bonds is 3. The van der Waals surface area contributed by atoms with E-state index < -0.39 is 0 Å². The predicted octanol–water partition coefficient (Wildman–Crippen LogP) is 2.15. The van der Waals surface area contributed by atoms with E-state index in [1.807, 2.05) is 0 Å². The number of hydrogen-bond donors (Lipinski definition) is 0. The van der Waals surface area contributed by atoms with Crippen LogP contribution in [-0.4, -0.2) is 12.6 Å². The normalized spacial score (nSPS) is 30.7. The van der Waals surface area contributed by atoms with Crippen molar-refractivity contribution in [2.75, 3.05) is 0 Å². The smallest absolute Gasteiger partial charge is 0.293 e. The maximum atomic E-state index is 10.1. The second-order valence-electron chi connectivity index (χ2n) is 4.24. The van der Waals surface area contributed by atoms with E-state index in [2.05, 4.69) is 33.8 Å². The summed E-state index contributed by atoms with van der Waals surface area (Å²) in [5.74, 6) is 0.410. The van der Waals surface area contributed by atoms with Crippen LogP contribution in [0.1, 0.15) is 27.7 Å².